The van der Waals surface area contributed by atoms with Crippen molar-refractivity contribution in [3.05, 3.63) is 64.7 Å². The molecular formula is C22H21N3O3S. The zero-order valence-corrected chi connectivity index (χ0v) is 16.7. The second-order valence-electron chi connectivity index (χ2n) is 7.42. The lowest BCUT2D eigenvalue weighted by molar-refractivity contribution is -0.135. The van der Waals surface area contributed by atoms with Gasteiger partial charge in [0.1, 0.15) is 11.1 Å². The smallest absolute Gasteiger partial charge is 0.339 e. The minimum Gasteiger partial charge on any atom is -0.453 e. The van der Waals surface area contributed by atoms with Crippen LogP contribution >= 0.6 is 11.3 Å². The number of ether oxygens (including phenoxy) is 1. The molecule has 0 saturated carbocycles. The Labute approximate surface area is 172 Å². The number of thiazole rings is 1. The minimum atomic E-state index is -0.466. The lowest BCUT2D eigenvalue weighted by Crippen LogP contribution is -2.48. The van der Waals surface area contributed by atoms with Crippen molar-refractivity contribution in [2.75, 3.05) is 26.2 Å². The van der Waals surface area contributed by atoms with E-state index in [1.165, 1.54) is 4.70 Å². The predicted octanol–water partition coefficient (Wildman–Crippen LogP) is 3.24. The Kier molecular flexibility index (Phi) is 4.77. The quantitative estimate of drug-likeness (QED) is 0.622. The van der Waals surface area contributed by atoms with Crippen LogP contribution in [0.5, 0.6) is 0 Å². The SMILES string of the molecule is O=C1O[C@@H](CC(=O)N2CCN(Cc3nc4ccccc4s3)CC2)c2ccccc21. The molecule has 7 heteroatoms. The molecule has 148 valence electrons. The van der Waals surface area contributed by atoms with Gasteiger partial charge in [0, 0.05) is 31.7 Å². The molecule has 0 radical (unpaired) electrons. The van der Waals surface area contributed by atoms with Crippen molar-refractivity contribution in [2.45, 2.75) is 19.1 Å². The van der Waals surface area contributed by atoms with E-state index in [1.807, 2.05) is 41.3 Å². The fourth-order valence-corrected chi connectivity index (χ4v) is 5.00. The summed E-state index contributed by atoms with van der Waals surface area (Å²) in [6, 6.07) is 15.5. The van der Waals surface area contributed by atoms with Gasteiger partial charge >= 0.3 is 5.97 Å². The van der Waals surface area contributed by atoms with Gasteiger partial charge in [-0.2, -0.15) is 0 Å². The van der Waals surface area contributed by atoms with E-state index in [-0.39, 0.29) is 18.3 Å². The molecule has 1 aromatic heterocycles. The van der Waals surface area contributed by atoms with Gasteiger partial charge in [-0.15, -0.1) is 11.3 Å². The molecule has 0 bridgehead atoms. The number of nitrogens with zero attached hydrogens (tertiary/aromatic N) is 3. The maximum atomic E-state index is 12.8. The Morgan fingerprint density at radius 1 is 1.07 bits per heavy atom. The van der Waals surface area contributed by atoms with Gasteiger partial charge in [-0.05, 0) is 18.2 Å². The van der Waals surface area contributed by atoms with E-state index >= 15 is 0 Å². The van der Waals surface area contributed by atoms with E-state index in [0.717, 1.165) is 35.7 Å². The van der Waals surface area contributed by atoms with Crippen molar-refractivity contribution in [1.29, 1.82) is 0 Å². The summed E-state index contributed by atoms with van der Waals surface area (Å²) in [4.78, 5) is 33.6. The third-order valence-corrected chi connectivity index (χ3v) is 6.58. The molecule has 6 nitrogen and oxygen atoms in total. The van der Waals surface area contributed by atoms with Crippen LogP contribution in [0.4, 0.5) is 0 Å². The molecule has 0 aliphatic carbocycles. The Morgan fingerprint density at radius 3 is 2.66 bits per heavy atom. The van der Waals surface area contributed by atoms with Crippen LogP contribution in [0, 0.1) is 0 Å². The van der Waals surface area contributed by atoms with Gasteiger partial charge in [0.25, 0.3) is 0 Å². The molecule has 3 aromatic rings. The Morgan fingerprint density at radius 2 is 1.83 bits per heavy atom. The van der Waals surface area contributed by atoms with Gasteiger partial charge in [0.2, 0.25) is 5.91 Å². The summed E-state index contributed by atoms with van der Waals surface area (Å²) >= 11 is 1.73. The third-order valence-electron chi connectivity index (χ3n) is 5.56. The van der Waals surface area contributed by atoms with Crippen LogP contribution < -0.4 is 0 Å². The minimum absolute atomic E-state index is 0.0409. The lowest BCUT2D eigenvalue weighted by Gasteiger charge is -2.34. The summed E-state index contributed by atoms with van der Waals surface area (Å²) in [5, 5.41) is 1.11. The van der Waals surface area contributed by atoms with E-state index in [2.05, 4.69) is 11.0 Å². The van der Waals surface area contributed by atoms with Crippen LogP contribution in [0.15, 0.2) is 48.5 Å². The van der Waals surface area contributed by atoms with Gasteiger partial charge < -0.3 is 9.64 Å². The van der Waals surface area contributed by atoms with Gasteiger partial charge in [-0.25, -0.2) is 9.78 Å². The van der Waals surface area contributed by atoms with Gasteiger partial charge in [0.15, 0.2) is 0 Å². The Bertz CT molecular complexity index is 1040. The topological polar surface area (TPSA) is 62.7 Å². The number of carbonyl (C=O) groups is 2. The zero-order chi connectivity index (χ0) is 19.8. The second kappa shape index (κ2) is 7.57. The van der Waals surface area contributed by atoms with E-state index < -0.39 is 6.10 Å². The first-order valence-corrected chi connectivity index (χ1v) is 10.6. The fourth-order valence-electron chi connectivity index (χ4n) is 3.99. The number of aromatic nitrogens is 1. The summed E-state index contributed by atoms with van der Waals surface area (Å²) in [6.45, 7) is 3.83. The monoisotopic (exact) mass is 407 g/mol. The zero-order valence-electron chi connectivity index (χ0n) is 15.9. The molecule has 2 aromatic carbocycles. The number of hydrogen-bond acceptors (Lipinski definition) is 6. The van der Waals surface area contributed by atoms with Crippen molar-refractivity contribution in [3.8, 4) is 0 Å². The van der Waals surface area contributed by atoms with Crippen molar-refractivity contribution < 1.29 is 14.3 Å². The van der Waals surface area contributed by atoms with E-state index in [1.54, 1.807) is 17.4 Å². The summed E-state index contributed by atoms with van der Waals surface area (Å²) in [6.07, 6.45) is -0.257. The molecule has 2 aliphatic heterocycles. The number of cyclic esters (lactones) is 1. The molecule has 1 atom stereocenters. The first kappa shape index (κ1) is 18.3. The highest BCUT2D eigenvalue weighted by atomic mass is 32.1. The Balaban J connectivity index is 1.17. The van der Waals surface area contributed by atoms with Crippen molar-refractivity contribution >= 4 is 33.4 Å². The molecule has 1 saturated heterocycles. The molecule has 2 aliphatic rings. The summed E-state index contributed by atoms with van der Waals surface area (Å²) < 4.78 is 6.63. The van der Waals surface area contributed by atoms with E-state index in [9.17, 15) is 9.59 Å². The van der Waals surface area contributed by atoms with Gasteiger partial charge in [-0.1, -0.05) is 30.3 Å². The van der Waals surface area contributed by atoms with E-state index in [4.69, 9.17) is 9.72 Å². The Hall–Kier alpha value is -2.77. The van der Waals surface area contributed by atoms with Crippen LogP contribution in [-0.4, -0.2) is 52.8 Å². The van der Waals surface area contributed by atoms with Crippen LogP contribution in [0.25, 0.3) is 10.2 Å². The molecule has 0 unspecified atom stereocenters. The average molecular weight is 407 g/mol. The van der Waals surface area contributed by atoms with Crippen LogP contribution in [0.3, 0.4) is 0 Å². The second-order valence-corrected chi connectivity index (χ2v) is 8.53. The molecule has 5 rings (SSSR count). The number of benzene rings is 2. The standard InChI is InChI=1S/C22H21N3O3S/c26-21(13-18-15-5-1-2-6-16(15)22(27)28-18)25-11-9-24(10-12-25)14-20-23-17-7-3-4-8-19(17)29-20/h1-8,18H,9-14H2/t18-/m0/s1. The van der Waals surface area contributed by atoms with Gasteiger partial charge in [0.05, 0.1) is 28.7 Å². The number of para-hydroxylation sites is 1. The summed E-state index contributed by atoms with van der Waals surface area (Å²) in [5.41, 5.74) is 2.44. The average Bonchev–Trinajstić information content (AvgIpc) is 3.29. The van der Waals surface area contributed by atoms with Crippen molar-refractivity contribution in [1.82, 2.24) is 14.8 Å². The van der Waals surface area contributed by atoms with Crippen molar-refractivity contribution in [2.24, 2.45) is 0 Å². The molecule has 1 fully saturated rings. The first-order chi connectivity index (χ1) is 14.2. The molecule has 3 heterocycles. The number of rotatable bonds is 4. The molecular weight excluding hydrogens is 386 g/mol. The van der Waals surface area contributed by atoms with Crippen LogP contribution in [0.2, 0.25) is 0 Å². The number of carbonyl (C=O) groups excluding carboxylic acids is 2. The predicted molar refractivity (Wildman–Crippen MR) is 111 cm³/mol. The third kappa shape index (κ3) is 3.63. The highest BCUT2D eigenvalue weighted by Crippen LogP contribution is 2.33. The number of hydrogen-bond donors (Lipinski definition) is 0. The fraction of sp³-hybridized carbons (Fsp3) is 0.318. The van der Waals surface area contributed by atoms with Gasteiger partial charge in [-0.3, -0.25) is 9.69 Å². The molecule has 0 spiro atoms. The number of amides is 1. The van der Waals surface area contributed by atoms with E-state index in [0.29, 0.717) is 18.7 Å². The van der Waals surface area contributed by atoms with Crippen molar-refractivity contribution in [3.63, 3.8) is 0 Å². The van der Waals surface area contributed by atoms with Crippen LogP contribution in [0.1, 0.15) is 33.5 Å². The largest absolute Gasteiger partial charge is 0.453 e. The molecule has 0 N–H and O–H groups in total. The lowest BCUT2D eigenvalue weighted by atomic mass is 10.0. The molecule has 29 heavy (non-hydrogen) atoms. The summed E-state index contributed by atoms with van der Waals surface area (Å²) in [5.74, 6) is -0.293. The summed E-state index contributed by atoms with van der Waals surface area (Å²) in [7, 11) is 0. The maximum absolute atomic E-state index is 12.8. The maximum Gasteiger partial charge on any atom is 0.339 e. The normalized spacial score (nSPS) is 19.4. The molecule has 1 amide bonds. The number of piperazine rings is 1. The highest BCUT2D eigenvalue weighted by molar-refractivity contribution is 7.18. The number of esters is 1. The first-order valence-electron chi connectivity index (χ1n) is 9.82. The highest BCUT2D eigenvalue weighted by Gasteiger charge is 2.33. The number of fused-ring (bicyclic) bond motifs is 2. The van der Waals surface area contributed by atoms with Crippen LogP contribution in [-0.2, 0) is 16.1 Å².